The molecule has 2 rings (SSSR count). The van der Waals surface area contributed by atoms with E-state index in [0.717, 1.165) is 12.1 Å². The molecular weight excluding hydrogens is 492 g/mol. The molecule has 2 aromatic rings. The zero-order valence-electron chi connectivity index (χ0n) is 18.7. The molecule has 0 bridgehead atoms. The van der Waals surface area contributed by atoms with E-state index in [1.54, 1.807) is 0 Å². The molecule has 0 radical (unpaired) electrons. The number of rotatable bonds is 9. The maximum atomic E-state index is 14.5. The minimum Gasteiger partial charge on any atom is -0.451 e. The fraction of sp³-hybridized carbons (Fsp3) is 0.238. The van der Waals surface area contributed by atoms with Crippen LogP contribution in [0.2, 0.25) is 0 Å². The highest BCUT2D eigenvalue weighted by molar-refractivity contribution is 7.89. The summed E-state index contributed by atoms with van der Waals surface area (Å²) in [6.45, 7) is 2.13. The van der Waals surface area contributed by atoms with E-state index in [1.807, 2.05) is 19.0 Å². The van der Waals surface area contributed by atoms with Crippen molar-refractivity contribution in [1.29, 1.82) is 0 Å². The predicted molar refractivity (Wildman–Crippen MR) is 128 cm³/mol. The summed E-state index contributed by atoms with van der Waals surface area (Å²) in [5, 5.41) is 0. The standard InChI is InChI=1S/C21H25F2N5O4S.ClH/c1-13(20(29)27-21(24)25)10-14-11-17(22)19(18(23)12-14)32-15-4-6-16(7-5-15)33(30,31)26-8-9-28(2)3;/h4-7,10-12,26H,8-9H2,1-3H3,(H4,24,25,27,29);1H. The number of carbonyl (C=O) groups excluding carboxylic acids is 1. The van der Waals surface area contributed by atoms with Crippen molar-refractivity contribution in [2.45, 2.75) is 11.8 Å². The molecule has 0 aromatic heterocycles. The van der Waals surface area contributed by atoms with Crippen LogP contribution in [0.15, 0.2) is 51.9 Å². The van der Waals surface area contributed by atoms with Crippen LogP contribution in [0.1, 0.15) is 12.5 Å². The summed E-state index contributed by atoms with van der Waals surface area (Å²) in [5.74, 6) is -3.88. The first kappa shape index (κ1) is 29.0. The number of ether oxygens (including phenoxy) is 1. The SMILES string of the molecule is CC(=Cc1cc(F)c(Oc2ccc(S(=O)(=O)NCCN(C)C)cc2)c(F)c1)C(=O)N=C(N)N.Cl. The van der Waals surface area contributed by atoms with Crippen LogP contribution in [0, 0.1) is 11.6 Å². The molecule has 2 aromatic carbocycles. The lowest BCUT2D eigenvalue weighted by atomic mass is 10.1. The van der Waals surface area contributed by atoms with Gasteiger partial charge >= 0.3 is 0 Å². The molecule has 186 valence electrons. The van der Waals surface area contributed by atoms with E-state index in [0.29, 0.717) is 6.54 Å². The number of nitrogens with zero attached hydrogens (tertiary/aromatic N) is 2. The number of amides is 1. The molecular formula is C21H26ClF2N5O4S. The Morgan fingerprint density at radius 2 is 1.71 bits per heavy atom. The number of likely N-dealkylation sites (N-methyl/N-ethyl adjacent to an activating group) is 1. The molecule has 0 heterocycles. The Hall–Kier alpha value is -3.06. The Morgan fingerprint density at radius 3 is 2.21 bits per heavy atom. The van der Waals surface area contributed by atoms with E-state index in [1.165, 1.54) is 37.3 Å². The Kier molecular flexibility index (Phi) is 10.6. The van der Waals surface area contributed by atoms with E-state index in [4.69, 9.17) is 16.2 Å². The average molecular weight is 518 g/mol. The highest BCUT2D eigenvalue weighted by atomic mass is 35.5. The largest absolute Gasteiger partial charge is 0.451 e. The van der Waals surface area contributed by atoms with Crippen molar-refractivity contribution < 1.29 is 26.7 Å². The van der Waals surface area contributed by atoms with Crippen LogP contribution >= 0.6 is 12.4 Å². The topological polar surface area (TPSA) is 140 Å². The second-order valence-corrected chi connectivity index (χ2v) is 9.02. The number of sulfonamides is 1. The molecule has 0 atom stereocenters. The normalized spacial score (nSPS) is 11.6. The Bertz CT molecular complexity index is 1160. The van der Waals surface area contributed by atoms with Crippen LogP contribution in [-0.2, 0) is 14.8 Å². The van der Waals surface area contributed by atoms with Crippen molar-refractivity contribution in [1.82, 2.24) is 9.62 Å². The molecule has 9 nitrogen and oxygen atoms in total. The van der Waals surface area contributed by atoms with E-state index < -0.39 is 39.3 Å². The van der Waals surface area contributed by atoms with Crippen molar-refractivity contribution in [3.05, 3.63) is 59.2 Å². The van der Waals surface area contributed by atoms with Crippen molar-refractivity contribution in [2.75, 3.05) is 27.2 Å². The Labute approximate surface area is 202 Å². The smallest absolute Gasteiger partial charge is 0.275 e. The maximum absolute atomic E-state index is 14.5. The zero-order valence-corrected chi connectivity index (χ0v) is 20.3. The number of guanidine groups is 1. The fourth-order valence-corrected chi connectivity index (χ4v) is 3.59. The average Bonchev–Trinajstić information content (AvgIpc) is 2.70. The van der Waals surface area contributed by atoms with Gasteiger partial charge in [0.05, 0.1) is 4.90 Å². The van der Waals surface area contributed by atoms with Crippen LogP contribution in [0.5, 0.6) is 11.5 Å². The molecule has 0 aliphatic carbocycles. The molecule has 0 unspecified atom stereocenters. The lowest BCUT2D eigenvalue weighted by Gasteiger charge is -2.12. The molecule has 0 saturated heterocycles. The molecule has 0 spiro atoms. The summed E-state index contributed by atoms with van der Waals surface area (Å²) >= 11 is 0. The molecule has 0 fully saturated rings. The van der Waals surface area contributed by atoms with Crippen molar-refractivity contribution >= 4 is 40.4 Å². The second-order valence-electron chi connectivity index (χ2n) is 7.26. The van der Waals surface area contributed by atoms with Crippen LogP contribution in [0.25, 0.3) is 6.08 Å². The quantitative estimate of drug-likeness (QED) is 0.263. The van der Waals surface area contributed by atoms with Gasteiger partial charge in [-0.05, 0) is 69.1 Å². The van der Waals surface area contributed by atoms with Crippen molar-refractivity contribution in [2.24, 2.45) is 16.5 Å². The van der Waals surface area contributed by atoms with Gasteiger partial charge in [-0.1, -0.05) is 0 Å². The Balaban J connectivity index is 0.00000578. The van der Waals surface area contributed by atoms with Crippen LogP contribution in [0.4, 0.5) is 8.78 Å². The number of halogens is 3. The van der Waals surface area contributed by atoms with Gasteiger partial charge in [0.2, 0.25) is 10.0 Å². The lowest BCUT2D eigenvalue weighted by Crippen LogP contribution is -2.31. The van der Waals surface area contributed by atoms with Crippen LogP contribution in [-0.4, -0.2) is 52.4 Å². The molecule has 0 saturated carbocycles. The van der Waals surface area contributed by atoms with Crippen LogP contribution in [0.3, 0.4) is 0 Å². The summed E-state index contributed by atoms with van der Waals surface area (Å²) in [7, 11) is -0.104. The first-order chi connectivity index (χ1) is 15.4. The molecule has 1 amide bonds. The first-order valence-corrected chi connectivity index (χ1v) is 11.1. The van der Waals surface area contributed by atoms with Gasteiger partial charge in [-0.25, -0.2) is 21.9 Å². The fourth-order valence-electron chi connectivity index (χ4n) is 2.57. The highest BCUT2D eigenvalue weighted by Gasteiger charge is 2.16. The monoisotopic (exact) mass is 517 g/mol. The molecule has 5 N–H and O–H groups in total. The van der Waals surface area contributed by atoms with Gasteiger partial charge in [0.1, 0.15) is 5.75 Å². The van der Waals surface area contributed by atoms with Gasteiger partial charge in [-0.15, -0.1) is 12.4 Å². The summed E-state index contributed by atoms with van der Waals surface area (Å²) < 4.78 is 61.2. The van der Waals surface area contributed by atoms with Gasteiger partial charge in [0, 0.05) is 18.7 Å². The van der Waals surface area contributed by atoms with Gasteiger partial charge in [-0.3, -0.25) is 4.79 Å². The third-order valence-electron chi connectivity index (χ3n) is 4.18. The third-order valence-corrected chi connectivity index (χ3v) is 5.65. The van der Waals surface area contributed by atoms with Crippen LogP contribution < -0.4 is 20.9 Å². The van der Waals surface area contributed by atoms with E-state index in [9.17, 15) is 22.0 Å². The number of benzene rings is 2. The van der Waals surface area contributed by atoms with E-state index in [-0.39, 0.29) is 40.7 Å². The molecule has 0 aliphatic heterocycles. The van der Waals surface area contributed by atoms with E-state index >= 15 is 0 Å². The van der Waals surface area contributed by atoms with Gasteiger partial charge < -0.3 is 21.1 Å². The number of nitrogens with two attached hydrogens (primary N) is 2. The lowest BCUT2D eigenvalue weighted by molar-refractivity contribution is -0.114. The number of nitrogens with one attached hydrogen (secondary N) is 1. The minimum absolute atomic E-state index is 0. The predicted octanol–water partition coefficient (Wildman–Crippen LogP) is 2.22. The third kappa shape index (κ3) is 8.37. The first-order valence-electron chi connectivity index (χ1n) is 9.62. The number of carbonyl (C=O) groups is 1. The minimum atomic E-state index is -3.73. The summed E-state index contributed by atoms with van der Waals surface area (Å²) in [4.78, 5) is 16.9. The highest BCUT2D eigenvalue weighted by Crippen LogP contribution is 2.30. The summed E-state index contributed by atoms with van der Waals surface area (Å²) in [6, 6.07) is 7.03. The summed E-state index contributed by atoms with van der Waals surface area (Å²) in [5.41, 5.74) is 10.4. The molecule has 34 heavy (non-hydrogen) atoms. The van der Waals surface area contributed by atoms with Gasteiger partial charge in [0.15, 0.2) is 23.3 Å². The van der Waals surface area contributed by atoms with E-state index in [2.05, 4.69) is 9.71 Å². The number of hydrogen-bond acceptors (Lipinski definition) is 5. The summed E-state index contributed by atoms with van der Waals surface area (Å²) in [6.07, 6.45) is 1.22. The zero-order chi connectivity index (χ0) is 24.8. The molecule has 13 heteroatoms. The second kappa shape index (κ2) is 12.4. The number of aliphatic imine (C=N–C) groups is 1. The van der Waals surface area contributed by atoms with Crippen molar-refractivity contribution in [3.8, 4) is 11.5 Å². The van der Waals surface area contributed by atoms with Crippen molar-refractivity contribution in [3.63, 3.8) is 0 Å². The van der Waals surface area contributed by atoms with Gasteiger partial charge in [-0.2, -0.15) is 4.99 Å². The number of hydrogen-bond donors (Lipinski definition) is 3. The Morgan fingerprint density at radius 1 is 1.15 bits per heavy atom. The maximum Gasteiger partial charge on any atom is 0.275 e. The molecule has 0 aliphatic rings. The van der Waals surface area contributed by atoms with Gasteiger partial charge in [0.25, 0.3) is 5.91 Å².